The Bertz CT molecular complexity index is 1830. The van der Waals surface area contributed by atoms with Crippen LogP contribution in [0.2, 0.25) is 0 Å². The summed E-state index contributed by atoms with van der Waals surface area (Å²) in [5, 5.41) is 23.3. The Balaban J connectivity index is 1.20. The molecule has 0 amide bonds. The summed E-state index contributed by atoms with van der Waals surface area (Å²) >= 11 is 5.26. The average Bonchev–Trinajstić information content (AvgIpc) is 3.73. The summed E-state index contributed by atoms with van der Waals surface area (Å²) in [6.07, 6.45) is -5.32. The summed E-state index contributed by atoms with van der Waals surface area (Å²) in [6.45, 7) is -5.40. The lowest BCUT2D eigenvalue weighted by atomic mass is 10.1. The summed E-state index contributed by atoms with van der Waals surface area (Å²) < 4.78 is 49.9. The summed E-state index contributed by atoms with van der Waals surface area (Å²) in [5.41, 5.74) is 12.5. The average molecular weight is 673 g/mol. The van der Waals surface area contributed by atoms with Crippen molar-refractivity contribution in [3.8, 4) is 0 Å². The largest absolute Gasteiger partial charge is 0.472 e. The van der Waals surface area contributed by atoms with E-state index in [1.807, 2.05) is 0 Å². The fraction of sp³-hybridized carbons (Fsp3) is 0.455. The van der Waals surface area contributed by atoms with Crippen molar-refractivity contribution in [2.75, 3.05) is 24.7 Å². The van der Waals surface area contributed by atoms with Gasteiger partial charge in [0, 0.05) is 12.4 Å². The number of hydrogen-bond acceptors (Lipinski definition) is 16. The van der Waals surface area contributed by atoms with Crippen molar-refractivity contribution in [1.82, 2.24) is 29.1 Å². The maximum absolute atomic E-state index is 13.1. The van der Waals surface area contributed by atoms with E-state index in [9.17, 15) is 24.6 Å². The van der Waals surface area contributed by atoms with Crippen molar-refractivity contribution in [2.24, 2.45) is 0 Å². The zero-order chi connectivity index (χ0) is 31.0. The number of nitrogens with zero attached hydrogens (tertiary/aromatic N) is 6. The van der Waals surface area contributed by atoms with Crippen LogP contribution >= 0.6 is 14.5 Å². The summed E-state index contributed by atoms with van der Waals surface area (Å²) in [4.78, 5) is 38.0. The lowest BCUT2D eigenvalue weighted by Gasteiger charge is -2.27. The van der Waals surface area contributed by atoms with Crippen LogP contribution in [0.15, 0.2) is 37.2 Å². The lowest BCUT2D eigenvalue weighted by molar-refractivity contribution is -0.0634. The number of aliphatic hydroxyl groups excluding tert-OH is 2. The van der Waals surface area contributed by atoms with E-state index >= 15 is 0 Å². The van der Waals surface area contributed by atoms with Gasteiger partial charge in [0.25, 0.3) is 0 Å². The normalized spacial score (nSPS) is 38.3. The Hall–Kier alpha value is -2.68. The second-order valence-corrected chi connectivity index (χ2v) is 14.4. The summed E-state index contributed by atoms with van der Waals surface area (Å²) in [7, 11) is -4.94. The third kappa shape index (κ3) is 5.21. The molecule has 3 fully saturated rings. The van der Waals surface area contributed by atoms with Crippen molar-refractivity contribution in [3.63, 3.8) is 0 Å². The Labute approximate surface area is 252 Å². The number of nitrogens with two attached hydrogens (primary N) is 2. The minimum atomic E-state index is -4.94. The molecule has 7 heterocycles. The zero-order valence-electron chi connectivity index (χ0n) is 22.3. The third-order valence-corrected chi connectivity index (χ3v) is 10.1. The standard InChI is InChI=1S/C22H26N8O11P2S/c23-17-9-1-3-29(19(9)27-7-25-17)21-14(32)15-12(39-21)6-37-43(35,44)41-16-13(31)11(5-36-42(33,34)40-15)38-22(16)30-4-2-10-18(24)26-8-28-20(10)30/h1-4,7-8,11-16,21-22,31-32H,5-6H2,(H,33,34)(H,35,44)(H2,23,25,27)(H2,24,26,28)/t11-,12-,13+,14+,15?,16?,21-,22-,43?/m1/s1. The van der Waals surface area contributed by atoms with Crippen LogP contribution in [0.3, 0.4) is 0 Å². The first-order chi connectivity index (χ1) is 20.9. The van der Waals surface area contributed by atoms with Crippen LogP contribution in [0.4, 0.5) is 11.6 Å². The maximum atomic E-state index is 13.1. The number of rotatable bonds is 2. The third-order valence-electron chi connectivity index (χ3n) is 7.56. The Morgan fingerprint density at radius 1 is 0.795 bits per heavy atom. The van der Waals surface area contributed by atoms with Crippen LogP contribution in [-0.4, -0.2) is 98.9 Å². The molecule has 44 heavy (non-hydrogen) atoms. The molecular weight excluding hydrogens is 646 g/mol. The van der Waals surface area contributed by atoms with Gasteiger partial charge in [-0.25, -0.2) is 24.5 Å². The molecule has 3 aliphatic rings. The van der Waals surface area contributed by atoms with Gasteiger partial charge in [-0.1, -0.05) is 0 Å². The molecular formula is C22H26N8O11P2S. The zero-order valence-corrected chi connectivity index (χ0v) is 24.9. The van der Waals surface area contributed by atoms with Gasteiger partial charge in [-0.05, 0) is 23.9 Å². The van der Waals surface area contributed by atoms with Crippen molar-refractivity contribution < 1.29 is 52.1 Å². The van der Waals surface area contributed by atoms with E-state index < -0.39 is 76.8 Å². The van der Waals surface area contributed by atoms with E-state index in [-0.39, 0.29) is 11.6 Å². The van der Waals surface area contributed by atoms with Crippen LogP contribution in [-0.2, 0) is 43.9 Å². The fourth-order valence-electron chi connectivity index (χ4n) is 5.50. The predicted octanol–water partition coefficient (Wildman–Crippen LogP) is -0.308. The van der Waals surface area contributed by atoms with Crippen molar-refractivity contribution in [3.05, 3.63) is 37.2 Å². The van der Waals surface area contributed by atoms with Crippen LogP contribution in [0, 0.1) is 0 Å². The summed E-state index contributed by atoms with van der Waals surface area (Å²) in [5.74, 6) is 0.382. The molecule has 3 saturated heterocycles. The van der Waals surface area contributed by atoms with Crippen molar-refractivity contribution in [2.45, 2.75) is 49.1 Å². The molecule has 19 nitrogen and oxygen atoms in total. The highest BCUT2D eigenvalue weighted by Crippen LogP contribution is 2.54. The van der Waals surface area contributed by atoms with Gasteiger partial charge in [-0.15, -0.1) is 0 Å². The number of phosphoric ester groups is 1. The van der Waals surface area contributed by atoms with E-state index in [0.29, 0.717) is 22.1 Å². The van der Waals surface area contributed by atoms with Crippen molar-refractivity contribution in [1.29, 1.82) is 0 Å². The number of phosphoric acid groups is 1. The van der Waals surface area contributed by atoms with Gasteiger partial charge >= 0.3 is 14.5 Å². The smallest absolute Gasteiger partial charge is 0.387 e. The molecule has 2 bridgehead atoms. The number of fused-ring (bicyclic) bond motifs is 5. The Kier molecular flexibility index (Phi) is 7.49. The molecule has 4 aromatic rings. The number of ether oxygens (including phenoxy) is 2. The topological polar surface area (TPSA) is 267 Å². The number of aromatic nitrogens is 6. The fourth-order valence-corrected chi connectivity index (χ4v) is 7.88. The van der Waals surface area contributed by atoms with Crippen molar-refractivity contribution >= 4 is 60.1 Å². The monoisotopic (exact) mass is 672 g/mol. The van der Waals surface area contributed by atoms with Gasteiger partial charge in [-0.2, -0.15) is 0 Å². The highest BCUT2D eigenvalue weighted by molar-refractivity contribution is 8.07. The van der Waals surface area contributed by atoms with Gasteiger partial charge in [-0.3, -0.25) is 13.6 Å². The maximum Gasteiger partial charge on any atom is 0.472 e. The molecule has 22 heteroatoms. The Morgan fingerprint density at radius 2 is 1.36 bits per heavy atom. The first-order valence-corrected chi connectivity index (χ1v) is 17.1. The van der Waals surface area contributed by atoms with Gasteiger partial charge in [0.1, 0.15) is 72.2 Å². The molecule has 236 valence electrons. The number of nitrogen functional groups attached to an aromatic ring is 2. The molecule has 7 rings (SSSR count). The minimum absolute atomic E-state index is 0.191. The van der Waals surface area contributed by atoms with Gasteiger partial charge in [0.15, 0.2) is 12.5 Å². The van der Waals surface area contributed by atoms with E-state index in [0.717, 1.165) is 0 Å². The SMILES string of the molecule is Nc1ncnc2c1ccn2[C@@H]1O[C@@H]2COP(=O)(O)OC3[C@@H](COP(O)(=S)OC1[C@H]2O)O[C@@H](n1ccc2c(N)ncnc21)[C@H]3O. The molecule has 8 N–H and O–H groups in total. The molecule has 0 radical (unpaired) electrons. The van der Waals surface area contributed by atoms with Crippen LogP contribution in [0.5, 0.6) is 0 Å². The first kappa shape index (κ1) is 30.0. The van der Waals surface area contributed by atoms with Gasteiger partial charge < -0.3 is 54.6 Å². The Morgan fingerprint density at radius 3 is 2.00 bits per heavy atom. The molecule has 10 atom stereocenters. The molecule has 4 unspecified atom stereocenters. The lowest BCUT2D eigenvalue weighted by Crippen LogP contribution is -2.36. The van der Waals surface area contributed by atoms with Crippen LogP contribution in [0.1, 0.15) is 12.5 Å². The van der Waals surface area contributed by atoms with Gasteiger partial charge in [0.2, 0.25) is 0 Å². The molecule has 0 spiro atoms. The van der Waals surface area contributed by atoms with Gasteiger partial charge in [0.05, 0.1) is 24.0 Å². The second-order valence-electron chi connectivity index (χ2n) is 10.2. The number of hydrogen-bond donors (Lipinski definition) is 6. The highest BCUT2D eigenvalue weighted by Gasteiger charge is 2.53. The van der Waals surface area contributed by atoms with Crippen LogP contribution < -0.4 is 11.5 Å². The van der Waals surface area contributed by atoms with E-state index in [4.69, 9.17) is 50.8 Å². The van der Waals surface area contributed by atoms with E-state index in [1.54, 1.807) is 18.3 Å². The minimum Gasteiger partial charge on any atom is -0.387 e. The molecule has 3 aliphatic heterocycles. The molecule has 0 aliphatic carbocycles. The molecule has 4 aromatic heterocycles. The quantitative estimate of drug-likeness (QED) is 0.149. The second kappa shape index (κ2) is 11.0. The van der Waals surface area contributed by atoms with E-state index in [1.165, 1.54) is 28.0 Å². The number of anilines is 2. The number of aliphatic hydroxyl groups is 2. The van der Waals surface area contributed by atoms with E-state index in [2.05, 4.69) is 19.9 Å². The molecule has 0 saturated carbocycles. The predicted molar refractivity (Wildman–Crippen MR) is 152 cm³/mol. The van der Waals surface area contributed by atoms with Crippen LogP contribution in [0.25, 0.3) is 22.1 Å². The summed E-state index contributed by atoms with van der Waals surface area (Å²) in [6, 6.07) is 3.23. The highest BCUT2D eigenvalue weighted by atomic mass is 32.5. The first-order valence-electron chi connectivity index (χ1n) is 13.0. The molecule has 0 aromatic carbocycles.